The SMILES string of the molecule is C[N+](C)(C)C.Cc1nnc(N=C([O-])c2ccc(C(F)(F)F)c(S(C)(=O)=O)c2C)o1. The van der Waals surface area contributed by atoms with E-state index in [0.29, 0.717) is 12.3 Å². The molecule has 0 N–H and O–H groups in total. The quantitative estimate of drug-likeness (QED) is 0.413. The number of rotatable bonds is 3. The molecule has 12 heteroatoms. The average molecular weight is 436 g/mol. The van der Waals surface area contributed by atoms with Crippen LogP contribution in [-0.2, 0) is 16.0 Å². The highest BCUT2D eigenvalue weighted by Gasteiger charge is 2.37. The number of quaternary nitrogens is 1. The zero-order valence-corrected chi connectivity index (χ0v) is 17.9. The van der Waals surface area contributed by atoms with Crippen molar-refractivity contribution in [2.75, 3.05) is 34.4 Å². The molecule has 1 aromatic heterocycles. The number of hydrogen-bond acceptors (Lipinski definition) is 7. The summed E-state index contributed by atoms with van der Waals surface area (Å²) >= 11 is 0. The van der Waals surface area contributed by atoms with Crippen LogP contribution in [0.4, 0.5) is 19.2 Å². The summed E-state index contributed by atoms with van der Waals surface area (Å²) in [6, 6.07) is 1.02. The largest absolute Gasteiger partial charge is 0.858 e. The molecule has 1 heterocycles. The molecule has 29 heavy (non-hydrogen) atoms. The van der Waals surface area contributed by atoms with E-state index in [4.69, 9.17) is 4.42 Å². The Balaban J connectivity index is 0.000000749. The third-order valence-electron chi connectivity index (χ3n) is 3.03. The van der Waals surface area contributed by atoms with E-state index >= 15 is 0 Å². The van der Waals surface area contributed by atoms with Crippen LogP contribution in [0.3, 0.4) is 0 Å². The Morgan fingerprint density at radius 2 is 1.66 bits per heavy atom. The fourth-order valence-electron chi connectivity index (χ4n) is 2.10. The predicted octanol–water partition coefficient (Wildman–Crippen LogP) is 1.87. The minimum Gasteiger partial charge on any atom is -0.858 e. The predicted molar refractivity (Wildman–Crippen MR) is 98.5 cm³/mol. The summed E-state index contributed by atoms with van der Waals surface area (Å²) in [5.74, 6) is -0.850. The van der Waals surface area contributed by atoms with E-state index in [9.17, 15) is 26.7 Å². The van der Waals surface area contributed by atoms with Crippen LogP contribution < -0.4 is 5.11 Å². The van der Waals surface area contributed by atoms with Gasteiger partial charge < -0.3 is 14.0 Å². The normalized spacial score (nSPS) is 13.1. The molecule has 0 aliphatic carbocycles. The van der Waals surface area contributed by atoms with Crippen LogP contribution in [0.2, 0.25) is 0 Å². The van der Waals surface area contributed by atoms with Gasteiger partial charge in [-0.3, -0.25) is 0 Å². The zero-order chi connectivity index (χ0) is 22.8. The van der Waals surface area contributed by atoms with Crippen LogP contribution in [0.5, 0.6) is 0 Å². The van der Waals surface area contributed by atoms with Crippen LogP contribution in [0.1, 0.15) is 22.6 Å². The molecule has 1 aromatic carbocycles. The van der Waals surface area contributed by atoms with Crippen molar-refractivity contribution >= 4 is 21.7 Å². The fraction of sp³-hybridized carbons (Fsp3) is 0.471. The Kier molecular flexibility index (Phi) is 7.19. The topological polar surface area (TPSA) is 108 Å². The van der Waals surface area contributed by atoms with Crippen LogP contribution in [0.25, 0.3) is 0 Å². The van der Waals surface area contributed by atoms with Gasteiger partial charge in [0.1, 0.15) is 0 Å². The molecule has 0 bridgehead atoms. The molecule has 2 aromatic rings. The second-order valence-electron chi connectivity index (χ2n) is 7.59. The van der Waals surface area contributed by atoms with E-state index in [-0.39, 0.29) is 23.0 Å². The molecular weight excluding hydrogens is 413 g/mol. The van der Waals surface area contributed by atoms with Gasteiger partial charge in [0.25, 0.3) is 0 Å². The molecule has 0 fully saturated rings. The molecule has 0 saturated heterocycles. The van der Waals surface area contributed by atoms with Crippen molar-refractivity contribution in [2.45, 2.75) is 24.9 Å². The van der Waals surface area contributed by atoms with Crippen LogP contribution >= 0.6 is 0 Å². The van der Waals surface area contributed by atoms with E-state index < -0.39 is 32.4 Å². The first kappa shape index (κ1) is 24.6. The number of sulfone groups is 1. The molecular formula is C17H23F3N4O4S. The maximum atomic E-state index is 13.0. The molecule has 0 spiro atoms. The van der Waals surface area contributed by atoms with Crippen molar-refractivity contribution in [1.29, 1.82) is 0 Å². The standard InChI is InChI=1S/C13H12F3N3O4S.C4H12N/c1-6-8(11(20)17-12-19-18-7(2)23-12)4-5-9(13(14,15)16)10(6)24(3,21)22;1-5(2,3)4/h4-5H,1-3H3,(H,17,19,20);1-4H3/q;+1/p-1. The lowest BCUT2D eigenvalue weighted by molar-refractivity contribution is -0.849. The molecule has 0 unspecified atom stereocenters. The first-order valence-corrected chi connectivity index (χ1v) is 10.1. The second kappa shape index (κ2) is 8.49. The van der Waals surface area contributed by atoms with Gasteiger partial charge in [0, 0.05) is 19.1 Å². The number of aliphatic imine (C=N–C) groups is 1. The first-order valence-electron chi connectivity index (χ1n) is 8.17. The van der Waals surface area contributed by atoms with Gasteiger partial charge in [0.05, 0.1) is 38.6 Å². The molecule has 2 rings (SSSR count). The summed E-state index contributed by atoms with van der Waals surface area (Å²) in [6.45, 7) is 2.56. The Bertz CT molecular complexity index is 1000. The highest BCUT2D eigenvalue weighted by Crippen LogP contribution is 2.36. The van der Waals surface area contributed by atoms with Crippen molar-refractivity contribution in [3.63, 3.8) is 0 Å². The van der Waals surface area contributed by atoms with Gasteiger partial charge in [0.15, 0.2) is 9.84 Å². The highest BCUT2D eigenvalue weighted by molar-refractivity contribution is 7.90. The van der Waals surface area contributed by atoms with Gasteiger partial charge in [-0.25, -0.2) is 13.4 Å². The number of hydrogen-bond donors (Lipinski definition) is 0. The molecule has 0 radical (unpaired) electrons. The summed E-state index contributed by atoms with van der Waals surface area (Å²) in [6.07, 6.45) is -4.25. The van der Waals surface area contributed by atoms with Gasteiger partial charge in [0.2, 0.25) is 5.89 Å². The van der Waals surface area contributed by atoms with Crippen molar-refractivity contribution in [3.8, 4) is 0 Å². The molecule has 0 amide bonds. The molecule has 162 valence electrons. The van der Waals surface area contributed by atoms with Gasteiger partial charge in [-0.1, -0.05) is 11.2 Å². The fourth-order valence-corrected chi connectivity index (χ4v) is 3.35. The summed E-state index contributed by atoms with van der Waals surface area (Å²) in [7, 11) is 4.26. The van der Waals surface area contributed by atoms with Crippen LogP contribution in [0.15, 0.2) is 26.4 Å². The van der Waals surface area contributed by atoms with E-state index in [1.165, 1.54) is 6.92 Å². The third kappa shape index (κ3) is 7.46. The zero-order valence-electron chi connectivity index (χ0n) is 17.1. The Morgan fingerprint density at radius 1 is 1.14 bits per heavy atom. The Labute approximate surface area is 167 Å². The van der Waals surface area contributed by atoms with E-state index in [2.05, 4.69) is 43.4 Å². The lowest BCUT2D eigenvalue weighted by atomic mass is 10.0. The van der Waals surface area contributed by atoms with Crippen molar-refractivity contribution in [1.82, 2.24) is 10.2 Å². The summed E-state index contributed by atoms with van der Waals surface area (Å²) < 4.78 is 68.5. The minimum absolute atomic E-state index is 0.141. The maximum Gasteiger partial charge on any atom is 0.417 e. The second-order valence-corrected chi connectivity index (χ2v) is 9.54. The minimum atomic E-state index is -4.88. The molecule has 0 aliphatic heterocycles. The van der Waals surface area contributed by atoms with E-state index in [1.54, 1.807) is 0 Å². The average Bonchev–Trinajstić information content (AvgIpc) is 2.87. The number of benzene rings is 1. The van der Waals surface area contributed by atoms with Crippen molar-refractivity contribution in [3.05, 3.63) is 34.7 Å². The van der Waals surface area contributed by atoms with Crippen LogP contribution in [0, 0.1) is 13.8 Å². The first-order chi connectivity index (χ1) is 12.9. The van der Waals surface area contributed by atoms with E-state index in [0.717, 1.165) is 17.5 Å². The van der Waals surface area contributed by atoms with Gasteiger partial charge in [-0.05, 0) is 24.1 Å². The smallest absolute Gasteiger partial charge is 0.417 e. The lowest BCUT2D eigenvalue weighted by Crippen LogP contribution is -2.27. The number of aryl methyl sites for hydroxylation is 1. The summed E-state index contributed by atoms with van der Waals surface area (Å²) in [5.41, 5.74) is -2.00. The highest BCUT2D eigenvalue weighted by atomic mass is 32.2. The summed E-state index contributed by atoms with van der Waals surface area (Å²) in [5, 5.41) is 19.0. The van der Waals surface area contributed by atoms with Crippen molar-refractivity contribution < 1.29 is 35.6 Å². The number of alkyl halides is 3. The van der Waals surface area contributed by atoms with Crippen molar-refractivity contribution in [2.24, 2.45) is 4.99 Å². The monoisotopic (exact) mass is 436 g/mol. The van der Waals surface area contributed by atoms with Gasteiger partial charge >= 0.3 is 12.2 Å². The van der Waals surface area contributed by atoms with E-state index in [1.807, 2.05) is 0 Å². The number of halogens is 3. The number of nitrogens with zero attached hydrogens (tertiary/aromatic N) is 4. The van der Waals surface area contributed by atoms with Gasteiger partial charge in [-0.15, -0.1) is 5.10 Å². The Morgan fingerprint density at radius 3 is 2.03 bits per heavy atom. The maximum absolute atomic E-state index is 13.0. The molecule has 0 atom stereocenters. The number of aromatic nitrogens is 2. The van der Waals surface area contributed by atoms with Crippen LogP contribution in [-0.4, -0.2) is 63.4 Å². The molecule has 8 nitrogen and oxygen atoms in total. The Hall–Kier alpha value is -2.47. The molecule has 0 saturated carbocycles. The lowest BCUT2D eigenvalue weighted by Gasteiger charge is -2.19. The third-order valence-corrected chi connectivity index (χ3v) is 4.29. The summed E-state index contributed by atoms with van der Waals surface area (Å²) in [4.78, 5) is 2.51. The van der Waals surface area contributed by atoms with Gasteiger partial charge in [-0.2, -0.15) is 13.2 Å². The molecule has 0 aliphatic rings.